The van der Waals surface area contributed by atoms with Crippen LogP contribution in [0.4, 0.5) is 0 Å². The first-order valence-corrected chi connectivity index (χ1v) is 6.02. The quantitative estimate of drug-likeness (QED) is 0.717. The summed E-state index contributed by atoms with van der Waals surface area (Å²) in [6.45, 7) is 4.71. The molecule has 0 N–H and O–H groups in total. The molecule has 1 aliphatic rings. The van der Waals surface area contributed by atoms with Crippen molar-refractivity contribution in [3.63, 3.8) is 0 Å². The van der Waals surface area contributed by atoms with Crippen molar-refractivity contribution in [3.8, 4) is 22.8 Å². The van der Waals surface area contributed by atoms with Crippen molar-refractivity contribution in [2.75, 3.05) is 7.11 Å². The zero-order chi connectivity index (χ0) is 12.7. The van der Waals surface area contributed by atoms with Crippen LogP contribution in [0, 0.1) is 13.8 Å². The fourth-order valence-electron chi connectivity index (χ4n) is 2.42. The third kappa shape index (κ3) is 1.55. The number of rotatable bonds is 1. The Morgan fingerprint density at radius 1 is 1.22 bits per heavy atom. The third-order valence-corrected chi connectivity index (χ3v) is 3.41. The summed E-state index contributed by atoms with van der Waals surface area (Å²) in [5, 5.41) is 0. The normalized spacial score (nSPS) is 12.4. The molecule has 0 fully saturated rings. The number of benzene rings is 1. The van der Waals surface area contributed by atoms with E-state index in [9.17, 15) is 0 Å². The molecule has 2 aromatic rings. The number of aromatic nitrogens is 1. The van der Waals surface area contributed by atoms with Crippen molar-refractivity contribution in [2.45, 2.75) is 20.6 Å². The van der Waals surface area contributed by atoms with E-state index in [0.29, 0.717) is 6.73 Å². The molecule has 1 aromatic carbocycles. The predicted molar refractivity (Wildman–Crippen MR) is 68.7 cm³/mol. The third-order valence-electron chi connectivity index (χ3n) is 3.41. The number of pyridine rings is 1. The molecule has 3 rings (SSSR count). The Morgan fingerprint density at radius 2 is 2.06 bits per heavy atom. The van der Waals surface area contributed by atoms with Gasteiger partial charge in [0.2, 0.25) is 5.69 Å². The fraction of sp³-hybridized carbons (Fsp3) is 0.267. The van der Waals surface area contributed by atoms with E-state index in [1.165, 1.54) is 11.4 Å². The summed E-state index contributed by atoms with van der Waals surface area (Å²) in [6.07, 6.45) is 0. The number of hydrogen-bond donors (Lipinski definition) is 0. The summed E-state index contributed by atoms with van der Waals surface area (Å²) < 4.78 is 13.4. The average Bonchev–Trinajstić information content (AvgIpc) is 2.39. The second kappa shape index (κ2) is 4.02. The maximum atomic E-state index is 5.87. The van der Waals surface area contributed by atoms with Gasteiger partial charge in [0.25, 0.3) is 6.73 Å². The van der Waals surface area contributed by atoms with Crippen LogP contribution >= 0.6 is 0 Å². The van der Waals surface area contributed by atoms with E-state index in [1.807, 2.05) is 19.1 Å². The molecule has 0 spiro atoms. The van der Waals surface area contributed by atoms with Gasteiger partial charge in [-0.05, 0) is 30.7 Å². The molecule has 0 atom stereocenters. The zero-order valence-corrected chi connectivity index (χ0v) is 10.9. The standard InChI is InChI=1S/C15H16NO2/c1-10-7-12(17-3)8-13-14-6-4-5-11(2)16(14)9-18-15(10)13/h4-8H,9H2,1-3H3/q+1. The molecule has 0 aliphatic carbocycles. The molecule has 0 radical (unpaired) electrons. The summed E-state index contributed by atoms with van der Waals surface area (Å²) in [6, 6.07) is 10.3. The molecule has 18 heavy (non-hydrogen) atoms. The van der Waals surface area contributed by atoms with Crippen molar-refractivity contribution in [1.29, 1.82) is 0 Å². The highest BCUT2D eigenvalue weighted by atomic mass is 16.5. The van der Waals surface area contributed by atoms with E-state index in [2.05, 4.69) is 29.7 Å². The minimum Gasteiger partial charge on any atom is -0.497 e. The van der Waals surface area contributed by atoms with Crippen LogP contribution in [0.25, 0.3) is 11.3 Å². The van der Waals surface area contributed by atoms with Gasteiger partial charge in [0.1, 0.15) is 11.5 Å². The summed E-state index contributed by atoms with van der Waals surface area (Å²) in [7, 11) is 1.69. The number of methoxy groups -OCH3 is 1. The Labute approximate surface area is 107 Å². The second-order valence-corrected chi connectivity index (χ2v) is 4.57. The zero-order valence-electron chi connectivity index (χ0n) is 10.9. The Bertz CT molecular complexity index is 620. The summed E-state index contributed by atoms with van der Waals surface area (Å²) in [5.41, 5.74) is 4.58. The lowest BCUT2D eigenvalue weighted by Gasteiger charge is -2.19. The smallest absolute Gasteiger partial charge is 0.292 e. The van der Waals surface area contributed by atoms with Crippen LogP contribution in [0.1, 0.15) is 11.3 Å². The first-order chi connectivity index (χ1) is 8.70. The van der Waals surface area contributed by atoms with Crippen LogP contribution in [0.2, 0.25) is 0 Å². The van der Waals surface area contributed by atoms with E-state index >= 15 is 0 Å². The topological polar surface area (TPSA) is 22.3 Å². The van der Waals surface area contributed by atoms with Gasteiger partial charge in [0, 0.05) is 19.1 Å². The molecule has 1 aromatic heterocycles. The molecule has 0 saturated heterocycles. The van der Waals surface area contributed by atoms with E-state index in [-0.39, 0.29) is 0 Å². The lowest BCUT2D eigenvalue weighted by atomic mass is 10.0. The van der Waals surface area contributed by atoms with Gasteiger partial charge in [-0.15, -0.1) is 0 Å². The number of hydrogen-bond acceptors (Lipinski definition) is 2. The Balaban J connectivity index is 2.29. The molecule has 3 nitrogen and oxygen atoms in total. The van der Waals surface area contributed by atoms with E-state index in [1.54, 1.807) is 7.11 Å². The molecule has 2 heterocycles. The van der Waals surface area contributed by atoms with Crippen molar-refractivity contribution in [3.05, 3.63) is 41.6 Å². The number of ether oxygens (including phenoxy) is 2. The molecule has 3 heteroatoms. The number of aryl methyl sites for hydroxylation is 2. The Kier molecular flexibility index (Phi) is 2.47. The molecule has 92 valence electrons. The maximum Gasteiger partial charge on any atom is 0.292 e. The molecule has 0 amide bonds. The molecular weight excluding hydrogens is 226 g/mol. The van der Waals surface area contributed by atoms with Crippen molar-refractivity contribution >= 4 is 0 Å². The summed E-state index contributed by atoms with van der Waals surface area (Å²) in [5.74, 6) is 1.83. The Morgan fingerprint density at radius 3 is 2.83 bits per heavy atom. The van der Waals surface area contributed by atoms with Crippen molar-refractivity contribution < 1.29 is 14.0 Å². The molecule has 0 saturated carbocycles. The number of nitrogens with zero attached hydrogens (tertiary/aromatic N) is 1. The van der Waals surface area contributed by atoms with Gasteiger partial charge in [-0.2, -0.15) is 4.57 Å². The van der Waals surface area contributed by atoms with Gasteiger partial charge < -0.3 is 9.47 Å². The lowest BCUT2D eigenvalue weighted by molar-refractivity contribution is -0.722. The van der Waals surface area contributed by atoms with Crippen LogP contribution in [0.15, 0.2) is 30.3 Å². The maximum absolute atomic E-state index is 5.87. The van der Waals surface area contributed by atoms with Gasteiger partial charge >= 0.3 is 0 Å². The van der Waals surface area contributed by atoms with Crippen LogP contribution in [0.5, 0.6) is 11.5 Å². The SMILES string of the molecule is COc1cc(C)c2c(c1)-c1cccc(C)[n+]1CO2. The Hall–Kier alpha value is -2.03. The van der Waals surface area contributed by atoms with Gasteiger partial charge in [0.05, 0.1) is 12.7 Å². The fourth-order valence-corrected chi connectivity index (χ4v) is 2.42. The lowest BCUT2D eigenvalue weighted by Crippen LogP contribution is -2.44. The molecule has 0 bridgehead atoms. The first-order valence-electron chi connectivity index (χ1n) is 6.02. The highest BCUT2D eigenvalue weighted by Crippen LogP contribution is 2.37. The largest absolute Gasteiger partial charge is 0.497 e. The minimum absolute atomic E-state index is 0.572. The number of fused-ring (bicyclic) bond motifs is 3. The highest BCUT2D eigenvalue weighted by molar-refractivity contribution is 5.70. The first kappa shape index (κ1) is 11.1. The monoisotopic (exact) mass is 242 g/mol. The van der Waals surface area contributed by atoms with Crippen LogP contribution < -0.4 is 14.0 Å². The molecule has 0 unspecified atom stereocenters. The van der Waals surface area contributed by atoms with Crippen molar-refractivity contribution in [1.82, 2.24) is 0 Å². The predicted octanol–water partition coefficient (Wildman–Crippen LogP) is 2.62. The van der Waals surface area contributed by atoms with Crippen LogP contribution in [-0.4, -0.2) is 7.11 Å². The van der Waals surface area contributed by atoms with E-state index < -0.39 is 0 Å². The highest BCUT2D eigenvalue weighted by Gasteiger charge is 2.27. The van der Waals surface area contributed by atoms with E-state index in [4.69, 9.17) is 9.47 Å². The van der Waals surface area contributed by atoms with E-state index in [0.717, 1.165) is 22.6 Å². The van der Waals surface area contributed by atoms with Crippen LogP contribution in [0.3, 0.4) is 0 Å². The van der Waals surface area contributed by atoms with Crippen LogP contribution in [-0.2, 0) is 6.73 Å². The van der Waals surface area contributed by atoms with Gasteiger partial charge in [-0.3, -0.25) is 0 Å². The van der Waals surface area contributed by atoms with Gasteiger partial charge in [0.15, 0.2) is 5.69 Å². The summed E-state index contributed by atoms with van der Waals surface area (Å²) >= 11 is 0. The molecular formula is C15H16NO2+. The molecule has 1 aliphatic heterocycles. The van der Waals surface area contributed by atoms with Crippen molar-refractivity contribution in [2.24, 2.45) is 0 Å². The minimum atomic E-state index is 0.572. The van der Waals surface area contributed by atoms with Gasteiger partial charge in [-0.25, -0.2) is 0 Å². The second-order valence-electron chi connectivity index (χ2n) is 4.57. The summed E-state index contributed by atoms with van der Waals surface area (Å²) in [4.78, 5) is 0. The van der Waals surface area contributed by atoms with Gasteiger partial charge in [-0.1, -0.05) is 0 Å². The average molecular weight is 242 g/mol.